The maximum atomic E-state index is 12.0. The van der Waals surface area contributed by atoms with E-state index in [1.165, 1.54) is 7.11 Å². The fourth-order valence-corrected chi connectivity index (χ4v) is 2.07. The first kappa shape index (κ1) is 21.4. The van der Waals surface area contributed by atoms with Crippen LogP contribution in [0.2, 0.25) is 0 Å². The van der Waals surface area contributed by atoms with Gasteiger partial charge in [-0.15, -0.1) is 0 Å². The van der Waals surface area contributed by atoms with Crippen LogP contribution in [0.5, 0.6) is 0 Å². The summed E-state index contributed by atoms with van der Waals surface area (Å²) in [6, 6.07) is -0.663. The van der Waals surface area contributed by atoms with Gasteiger partial charge in [-0.25, -0.2) is 4.79 Å². The highest BCUT2D eigenvalue weighted by atomic mass is 16.5. The van der Waals surface area contributed by atoms with Crippen molar-refractivity contribution in [3.05, 3.63) is 0 Å². The number of esters is 1. The zero-order valence-electron chi connectivity index (χ0n) is 15.4. The van der Waals surface area contributed by atoms with E-state index in [0.29, 0.717) is 6.42 Å². The third-order valence-electron chi connectivity index (χ3n) is 2.87. The molecule has 0 aromatic heterocycles. The van der Waals surface area contributed by atoms with Crippen LogP contribution in [0.3, 0.4) is 0 Å². The Morgan fingerprint density at radius 3 is 2.04 bits per heavy atom. The molecule has 0 unspecified atom stereocenters. The number of rotatable bonds is 8. The first-order chi connectivity index (χ1) is 10.4. The molecule has 0 saturated heterocycles. The van der Waals surface area contributed by atoms with E-state index in [2.05, 4.69) is 10.6 Å². The van der Waals surface area contributed by atoms with Gasteiger partial charge in [-0.2, -0.15) is 0 Å². The van der Waals surface area contributed by atoms with Crippen LogP contribution in [0.1, 0.15) is 41.0 Å². The molecule has 2 amide bonds. The second-order valence-electron chi connectivity index (χ2n) is 7.24. The minimum absolute atomic E-state index is 0.0309. The standard InChI is InChI=1S/C16H31N3O4/c1-11(2)8-12(15(22)23-7)17-13(20)9-19(6)10-14(21)18-16(3,4)5/h11-12H,8-10H2,1-7H3,(H,17,20)(H,18,21)/t12-/m1/s1. The molecule has 0 spiro atoms. The van der Waals surface area contributed by atoms with Crippen LogP contribution in [0.15, 0.2) is 0 Å². The molecule has 0 radical (unpaired) electrons. The highest BCUT2D eigenvalue weighted by Crippen LogP contribution is 2.06. The van der Waals surface area contributed by atoms with E-state index in [4.69, 9.17) is 4.74 Å². The van der Waals surface area contributed by atoms with E-state index in [-0.39, 0.29) is 36.4 Å². The Morgan fingerprint density at radius 2 is 1.61 bits per heavy atom. The maximum Gasteiger partial charge on any atom is 0.328 e. The number of nitrogens with zero attached hydrogens (tertiary/aromatic N) is 1. The molecule has 0 heterocycles. The van der Waals surface area contributed by atoms with Crippen LogP contribution in [0, 0.1) is 5.92 Å². The molecule has 0 aromatic carbocycles. The molecular formula is C16H31N3O4. The van der Waals surface area contributed by atoms with Gasteiger partial charge in [-0.3, -0.25) is 14.5 Å². The van der Waals surface area contributed by atoms with Gasteiger partial charge in [0.15, 0.2) is 0 Å². The average molecular weight is 329 g/mol. The summed E-state index contributed by atoms with van der Waals surface area (Å²) in [4.78, 5) is 37.1. The van der Waals surface area contributed by atoms with Gasteiger partial charge < -0.3 is 15.4 Å². The molecule has 0 aliphatic heterocycles. The first-order valence-electron chi connectivity index (χ1n) is 7.81. The van der Waals surface area contributed by atoms with Crippen molar-refractivity contribution >= 4 is 17.8 Å². The van der Waals surface area contributed by atoms with E-state index in [1.54, 1.807) is 11.9 Å². The molecule has 0 saturated carbocycles. The quantitative estimate of drug-likeness (QED) is 0.635. The molecule has 7 heteroatoms. The van der Waals surface area contributed by atoms with E-state index in [1.807, 2.05) is 34.6 Å². The van der Waals surface area contributed by atoms with Gasteiger partial charge in [0.1, 0.15) is 6.04 Å². The summed E-state index contributed by atoms with van der Waals surface area (Å²) < 4.78 is 4.71. The maximum absolute atomic E-state index is 12.0. The summed E-state index contributed by atoms with van der Waals surface area (Å²) in [6.07, 6.45) is 0.507. The number of likely N-dealkylation sites (N-methyl/N-ethyl adjacent to an activating group) is 1. The van der Waals surface area contributed by atoms with Gasteiger partial charge >= 0.3 is 5.97 Å². The molecule has 7 nitrogen and oxygen atoms in total. The van der Waals surface area contributed by atoms with Crippen molar-refractivity contribution in [3.63, 3.8) is 0 Å². The van der Waals surface area contributed by atoms with Gasteiger partial charge in [0.25, 0.3) is 0 Å². The number of hydrogen-bond donors (Lipinski definition) is 2. The lowest BCUT2D eigenvalue weighted by Crippen LogP contribution is -2.49. The van der Waals surface area contributed by atoms with Crippen molar-refractivity contribution in [1.29, 1.82) is 0 Å². The number of nitrogens with one attached hydrogen (secondary N) is 2. The minimum atomic E-state index is -0.663. The topological polar surface area (TPSA) is 87.7 Å². The number of carbonyl (C=O) groups excluding carboxylic acids is 3. The molecule has 0 aliphatic carbocycles. The molecule has 0 fully saturated rings. The van der Waals surface area contributed by atoms with Crippen molar-refractivity contribution in [1.82, 2.24) is 15.5 Å². The highest BCUT2D eigenvalue weighted by Gasteiger charge is 2.23. The van der Waals surface area contributed by atoms with Crippen LogP contribution in [-0.4, -0.2) is 61.5 Å². The normalized spacial score (nSPS) is 12.9. The molecule has 0 rings (SSSR count). The van der Waals surface area contributed by atoms with Crippen LogP contribution in [-0.2, 0) is 19.1 Å². The van der Waals surface area contributed by atoms with Crippen molar-refractivity contribution in [2.45, 2.75) is 52.6 Å². The lowest BCUT2D eigenvalue weighted by atomic mass is 10.0. The van der Waals surface area contributed by atoms with E-state index < -0.39 is 12.0 Å². The molecule has 0 aliphatic rings. The summed E-state index contributed by atoms with van der Waals surface area (Å²) in [6.45, 7) is 9.75. The van der Waals surface area contributed by atoms with Crippen molar-refractivity contribution in [3.8, 4) is 0 Å². The van der Waals surface area contributed by atoms with E-state index in [0.717, 1.165) is 0 Å². The summed E-state index contributed by atoms with van der Waals surface area (Å²) in [5, 5.41) is 5.50. The Balaban J connectivity index is 4.44. The van der Waals surface area contributed by atoms with Crippen LogP contribution < -0.4 is 10.6 Å². The van der Waals surface area contributed by atoms with Crippen molar-refractivity contribution < 1.29 is 19.1 Å². The van der Waals surface area contributed by atoms with E-state index in [9.17, 15) is 14.4 Å². The molecule has 0 aromatic rings. The zero-order chi connectivity index (χ0) is 18.2. The Kier molecular flexibility index (Phi) is 8.82. The van der Waals surface area contributed by atoms with Crippen LogP contribution in [0.4, 0.5) is 0 Å². The number of methoxy groups -OCH3 is 1. The first-order valence-corrected chi connectivity index (χ1v) is 7.81. The number of carbonyl (C=O) groups is 3. The lowest BCUT2D eigenvalue weighted by Gasteiger charge is -2.24. The van der Waals surface area contributed by atoms with Gasteiger partial charge in [-0.05, 0) is 40.2 Å². The fourth-order valence-electron chi connectivity index (χ4n) is 2.07. The Bertz CT molecular complexity index is 416. The average Bonchev–Trinajstić information content (AvgIpc) is 2.33. The third-order valence-corrected chi connectivity index (χ3v) is 2.87. The number of amides is 2. The second-order valence-corrected chi connectivity index (χ2v) is 7.24. The molecule has 0 bridgehead atoms. The highest BCUT2D eigenvalue weighted by molar-refractivity contribution is 5.86. The third kappa shape index (κ3) is 10.7. The number of hydrogen-bond acceptors (Lipinski definition) is 5. The minimum Gasteiger partial charge on any atom is -0.467 e. The molecule has 2 N–H and O–H groups in total. The summed E-state index contributed by atoms with van der Waals surface area (Å²) >= 11 is 0. The lowest BCUT2D eigenvalue weighted by molar-refractivity contribution is -0.145. The predicted molar refractivity (Wildman–Crippen MR) is 88.8 cm³/mol. The molecule has 1 atom stereocenters. The fraction of sp³-hybridized carbons (Fsp3) is 0.812. The monoisotopic (exact) mass is 329 g/mol. The smallest absolute Gasteiger partial charge is 0.328 e. The Morgan fingerprint density at radius 1 is 1.09 bits per heavy atom. The summed E-state index contributed by atoms with van der Waals surface area (Å²) in [5.41, 5.74) is -0.312. The molecule has 23 heavy (non-hydrogen) atoms. The summed E-state index contributed by atoms with van der Waals surface area (Å²) in [5.74, 6) is -0.679. The second kappa shape index (κ2) is 9.50. The van der Waals surface area contributed by atoms with Gasteiger partial charge in [-0.1, -0.05) is 13.8 Å². The van der Waals surface area contributed by atoms with Gasteiger partial charge in [0.05, 0.1) is 20.2 Å². The van der Waals surface area contributed by atoms with Gasteiger partial charge in [0, 0.05) is 5.54 Å². The Hall–Kier alpha value is -1.63. The zero-order valence-corrected chi connectivity index (χ0v) is 15.4. The summed E-state index contributed by atoms with van der Waals surface area (Å²) in [7, 11) is 2.97. The Labute approximate surface area is 139 Å². The molecular weight excluding hydrogens is 298 g/mol. The number of ether oxygens (including phenoxy) is 1. The van der Waals surface area contributed by atoms with Gasteiger partial charge in [0.2, 0.25) is 11.8 Å². The largest absolute Gasteiger partial charge is 0.467 e. The van der Waals surface area contributed by atoms with Crippen molar-refractivity contribution in [2.24, 2.45) is 5.92 Å². The molecule has 134 valence electrons. The predicted octanol–water partition coefficient (Wildman–Crippen LogP) is 0.537. The van der Waals surface area contributed by atoms with Crippen molar-refractivity contribution in [2.75, 3.05) is 27.2 Å². The van der Waals surface area contributed by atoms with Crippen LogP contribution in [0.25, 0.3) is 0 Å². The SMILES string of the molecule is COC(=O)[C@@H](CC(C)C)NC(=O)CN(C)CC(=O)NC(C)(C)C. The van der Waals surface area contributed by atoms with E-state index >= 15 is 0 Å². The van der Waals surface area contributed by atoms with Crippen LogP contribution >= 0.6 is 0 Å².